The zero-order valence-electron chi connectivity index (χ0n) is 21.3. The first-order chi connectivity index (χ1) is 18.0. The van der Waals surface area contributed by atoms with E-state index in [-0.39, 0.29) is 18.1 Å². The summed E-state index contributed by atoms with van der Waals surface area (Å²) in [5.41, 5.74) is 5.97. The molecular weight excluding hydrogens is 444 g/mol. The van der Waals surface area contributed by atoms with Gasteiger partial charge in [-0.1, -0.05) is 54.2 Å². The van der Waals surface area contributed by atoms with Gasteiger partial charge >= 0.3 is 0 Å². The van der Waals surface area contributed by atoms with Crippen molar-refractivity contribution in [2.75, 3.05) is 4.90 Å². The maximum atomic E-state index is 8.65. The van der Waals surface area contributed by atoms with Crippen molar-refractivity contribution in [1.82, 2.24) is 15.2 Å². The number of aromatic nitrogens is 3. The molecule has 0 bridgehead atoms. The summed E-state index contributed by atoms with van der Waals surface area (Å²) in [6.07, 6.45) is 3.32. The molecule has 5 rings (SSSR count). The topological polar surface area (TPSA) is 41.9 Å². The summed E-state index contributed by atoms with van der Waals surface area (Å²) in [4.78, 5) is 6.26. The van der Waals surface area contributed by atoms with Crippen LogP contribution in [0.15, 0.2) is 114 Å². The van der Waals surface area contributed by atoms with E-state index in [9.17, 15) is 0 Å². The quantitative estimate of drug-likeness (QED) is 0.230. The molecule has 3 aromatic carbocycles. The normalized spacial score (nSPS) is 13.7. The summed E-state index contributed by atoms with van der Waals surface area (Å²) < 4.78 is 32.9. The molecule has 0 N–H and O–H groups in total. The zero-order valence-corrected chi connectivity index (χ0v) is 19.0. The number of nitrogens with zero attached hydrogens (tertiary/aromatic N) is 4. The fraction of sp³-hybridized carbons (Fsp3) is 0. The Morgan fingerprint density at radius 3 is 2.36 bits per heavy atom. The third-order valence-corrected chi connectivity index (χ3v) is 6.38. The molecule has 33 heavy (non-hydrogen) atoms. The molecule has 160 valence electrons. The van der Waals surface area contributed by atoms with Gasteiger partial charge in [-0.2, -0.15) is 0 Å². The molecule has 0 unspecified atom stereocenters. The van der Waals surface area contributed by atoms with Crippen molar-refractivity contribution in [3.05, 3.63) is 120 Å². The number of rotatable bonds is 7. The molecule has 0 aliphatic heterocycles. The van der Waals surface area contributed by atoms with Gasteiger partial charge in [-0.05, 0) is 60.2 Å². The largest absolute Gasteiger partial charge is 0.311 e. The summed E-state index contributed by atoms with van der Waals surface area (Å²) in [5, 5.41) is 11.7. The van der Waals surface area contributed by atoms with Gasteiger partial charge < -0.3 is 4.90 Å². The Morgan fingerprint density at radius 1 is 0.970 bits per heavy atom. The predicted octanol–water partition coefficient (Wildman–Crippen LogP) is 7.69. The summed E-state index contributed by atoms with van der Waals surface area (Å²) in [6.45, 7) is 1.19. The molecule has 0 aliphatic rings. The third-order valence-electron chi connectivity index (χ3n) is 4.82. The second-order valence-electron chi connectivity index (χ2n) is 6.93. The maximum absolute atomic E-state index is 8.65. The third kappa shape index (κ3) is 4.82. The molecule has 0 saturated carbocycles. The number of hydrogen-bond donors (Lipinski definition) is 0. The van der Waals surface area contributed by atoms with Gasteiger partial charge in [-0.25, -0.2) is 4.98 Å². The van der Waals surface area contributed by atoms with Crippen LogP contribution in [0.25, 0.3) is 27.2 Å². The number of anilines is 2. The minimum Gasteiger partial charge on any atom is -0.311 e. The average molecular weight is 469 g/mol. The lowest BCUT2D eigenvalue weighted by Gasteiger charge is -2.26. The Labute approximate surface area is 206 Å². The molecule has 0 atom stereocenters. The van der Waals surface area contributed by atoms with E-state index < -0.39 is 0 Å². The smallest absolute Gasteiger partial charge is 0.147 e. The van der Waals surface area contributed by atoms with E-state index in [1.54, 1.807) is 29.1 Å². The highest BCUT2D eigenvalue weighted by atomic mass is 32.1. The number of hydrogen-bond acceptors (Lipinski definition) is 6. The second kappa shape index (κ2) is 9.73. The van der Waals surface area contributed by atoms with Crippen molar-refractivity contribution in [1.29, 1.82) is 0 Å². The monoisotopic (exact) mass is 468 g/mol. The molecule has 5 aromatic rings. The molecule has 2 heterocycles. The van der Waals surface area contributed by atoms with Crippen LogP contribution in [0.1, 0.15) is 11.0 Å². The average Bonchev–Trinajstić information content (AvgIpc) is 3.65. The first kappa shape index (κ1) is 16.7. The standard InChI is InChI=1S/C27H20N4S2/c1-20(7-8-21-5-3-2-4-6-21)31(24-13-9-22(10-14-24)26-28-17-18-32-26)25-15-11-23(12-16-25)27-30-29-19-33-27/h2-19H,1H2/b8-7-/i1D,3D,6D,8D/b8-7-,20-1?. The molecule has 0 radical (unpaired) electrons. The Kier molecular flexibility index (Phi) is 4.93. The second-order valence-corrected chi connectivity index (χ2v) is 8.65. The van der Waals surface area contributed by atoms with Gasteiger partial charge in [-0.15, -0.1) is 21.5 Å². The van der Waals surface area contributed by atoms with E-state index in [2.05, 4.69) is 15.2 Å². The molecule has 4 nitrogen and oxygen atoms in total. The van der Waals surface area contributed by atoms with Gasteiger partial charge in [-0.3, -0.25) is 0 Å². The molecule has 0 spiro atoms. The predicted molar refractivity (Wildman–Crippen MR) is 140 cm³/mol. The van der Waals surface area contributed by atoms with E-state index in [0.29, 0.717) is 11.3 Å². The van der Waals surface area contributed by atoms with Crippen molar-refractivity contribution >= 4 is 40.1 Å². The van der Waals surface area contributed by atoms with Gasteiger partial charge in [0.25, 0.3) is 0 Å². The minimum absolute atomic E-state index is 0.0486. The van der Waals surface area contributed by atoms with Crippen LogP contribution in [0.4, 0.5) is 11.4 Å². The molecule has 0 amide bonds. The lowest BCUT2D eigenvalue weighted by atomic mass is 10.1. The van der Waals surface area contributed by atoms with Gasteiger partial charge in [0.2, 0.25) is 0 Å². The van der Waals surface area contributed by atoms with Crippen LogP contribution in [0.3, 0.4) is 0 Å². The van der Waals surface area contributed by atoms with Crippen LogP contribution >= 0.6 is 22.7 Å². The van der Waals surface area contributed by atoms with Gasteiger partial charge in [0.1, 0.15) is 15.5 Å². The van der Waals surface area contributed by atoms with Crippen LogP contribution in [0.5, 0.6) is 0 Å². The zero-order chi connectivity index (χ0) is 25.8. The van der Waals surface area contributed by atoms with E-state index >= 15 is 0 Å². The first-order valence-corrected chi connectivity index (χ1v) is 11.8. The molecular formula is C27H20N4S2. The van der Waals surface area contributed by atoms with Crippen LogP contribution in [0, 0.1) is 0 Å². The van der Waals surface area contributed by atoms with Crippen LogP contribution in [0.2, 0.25) is 0 Å². The Hall–Kier alpha value is -3.87. The summed E-state index contributed by atoms with van der Waals surface area (Å²) in [6, 6.07) is 20.6. The lowest BCUT2D eigenvalue weighted by molar-refractivity contribution is 1.09. The van der Waals surface area contributed by atoms with Crippen molar-refractivity contribution in [2.45, 2.75) is 0 Å². The fourth-order valence-electron chi connectivity index (χ4n) is 3.27. The van der Waals surface area contributed by atoms with Gasteiger partial charge in [0.05, 0.1) is 5.48 Å². The molecule has 0 saturated heterocycles. The van der Waals surface area contributed by atoms with Crippen molar-refractivity contribution in [2.24, 2.45) is 0 Å². The highest BCUT2D eigenvalue weighted by Crippen LogP contribution is 2.34. The number of thiazole rings is 1. The summed E-state index contributed by atoms with van der Waals surface area (Å²) in [5.74, 6) is 0. The molecule has 0 aliphatic carbocycles. The molecule has 2 aromatic heterocycles. The van der Waals surface area contributed by atoms with E-state index in [0.717, 1.165) is 32.5 Å². The Bertz CT molecular complexity index is 1470. The lowest BCUT2D eigenvalue weighted by Crippen LogP contribution is -2.14. The van der Waals surface area contributed by atoms with Crippen LogP contribution in [-0.4, -0.2) is 15.2 Å². The van der Waals surface area contributed by atoms with E-state index in [1.807, 2.05) is 58.8 Å². The van der Waals surface area contributed by atoms with Gasteiger partial charge in [0, 0.05) is 39.8 Å². The molecule has 6 heteroatoms. The van der Waals surface area contributed by atoms with Gasteiger partial charge in [0.15, 0.2) is 0 Å². The highest BCUT2D eigenvalue weighted by Gasteiger charge is 2.13. The highest BCUT2D eigenvalue weighted by molar-refractivity contribution is 7.13. The van der Waals surface area contributed by atoms with Crippen LogP contribution < -0.4 is 4.90 Å². The summed E-state index contributed by atoms with van der Waals surface area (Å²) >= 11 is 3.02. The number of benzene rings is 3. The SMILES string of the molecule is [2H]C=C(/C=C(/[2H])c1cc([2H])ccc1[2H])N(c1ccc(-c2nccs2)cc1)c1ccc(-c2nncs2)cc1. The Morgan fingerprint density at radius 2 is 1.73 bits per heavy atom. The van der Waals surface area contributed by atoms with E-state index in [4.69, 9.17) is 5.48 Å². The fourth-order valence-corrected chi connectivity index (χ4v) is 4.48. The van der Waals surface area contributed by atoms with Crippen LogP contribution in [-0.2, 0) is 0 Å². The van der Waals surface area contributed by atoms with Crippen molar-refractivity contribution in [3.63, 3.8) is 0 Å². The summed E-state index contributed by atoms with van der Waals surface area (Å²) in [7, 11) is 0. The van der Waals surface area contributed by atoms with Crippen molar-refractivity contribution in [3.8, 4) is 21.1 Å². The molecule has 0 fully saturated rings. The van der Waals surface area contributed by atoms with Crippen molar-refractivity contribution < 1.29 is 5.48 Å². The number of allylic oxidation sites excluding steroid dienone is 1. The van der Waals surface area contributed by atoms with E-state index in [1.165, 1.54) is 36.1 Å². The maximum Gasteiger partial charge on any atom is 0.147 e. The minimum atomic E-state index is 0.0486. The Balaban J connectivity index is 1.57. The first-order valence-electron chi connectivity index (χ1n) is 12.1.